The third-order valence-electron chi connectivity index (χ3n) is 3.43. The Bertz CT molecular complexity index is 531. The number of nitrogens with zero attached hydrogens (tertiary/aromatic N) is 1. The van der Waals surface area contributed by atoms with Gasteiger partial charge >= 0.3 is 0 Å². The van der Waals surface area contributed by atoms with Gasteiger partial charge in [0.2, 0.25) is 10.0 Å². The van der Waals surface area contributed by atoms with E-state index in [1.807, 2.05) is 19.9 Å². The lowest BCUT2D eigenvalue weighted by Crippen LogP contribution is -2.37. The van der Waals surface area contributed by atoms with Gasteiger partial charge in [-0.25, -0.2) is 8.42 Å². The highest BCUT2D eigenvalue weighted by molar-refractivity contribution is 7.89. The van der Waals surface area contributed by atoms with Crippen molar-refractivity contribution in [3.63, 3.8) is 0 Å². The molecular formula is C14H24N2O3S. The molecule has 0 radical (unpaired) electrons. The highest BCUT2D eigenvalue weighted by Gasteiger charge is 2.25. The second kappa shape index (κ2) is 7.17. The predicted molar refractivity (Wildman–Crippen MR) is 80.0 cm³/mol. The van der Waals surface area contributed by atoms with Gasteiger partial charge < -0.3 is 10.4 Å². The number of benzene rings is 1. The molecule has 1 aromatic carbocycles. The normalized spacial score (nSPS) is 15.3. The molecule has 0 bridgehead atoms. The van der Waals surface area contributed by atoms with E-state index in [1.54, 1.807) is 25.1 Å². The van der Waals surface area contributed by atoms with E-state index in [4.69, 9.17) is 5.11 Å². The maximum Gasteiger partial charge on any atom is 0.243 e. The van der Waals surface area contributed by atoms with Crippen LogP contribution in [0.4, 0.5) is 0 Å². The molecule has 0 saturated carbocycles. The number of hydrogen-bond donors (Lipinski definition) is 2. The smallest absolute Gasteiger partial charge is 0.243 e. The molecule has 2 N–H and O–H groups in total. The number of rotatable bonds is 7. The maximum absolute atomic E-state index is 12.5. The molecular weight excluding hydrogens is 276 g/mol. The van der Waals surface area contributed by atoms with E-state index in [9.17, 15) is 8.42 Å². The highest BCUT2D eigenvalue weighted by atomic mass is 32.2. The Balaban J connectivity index is 3.10. The van der Waals surface area contributed by atoms with Crippen molar-refractivity contribution in [3.8, 4) is 0 Å². The van der Waals surface area contributed by atoms with E-state index < -0.39 is 16.1 Å². The lowest BCUT2D eigenvalue weighted by Gasteiger charge is -2.23. The van der Waals surface area contributed by atoms with E-state index in [1.165, 1.54) is 11.4 Å². The average molecular weight is 300 g/mol. The van der Waals surface area contributed by atoms with Crippen molar-refractivity contribution in [2.45, 2.75) is 37.8 Å². The Kier molecular flexibility index (Phi) is 6.13. The predicted octanol–water partition coefficient (Wildman–Crippen LogP) is 1.36. The summed E-state index contributed by atoms with van der Waals surface area (Å²) in [6.07, 6.45) is 0. The van der Waals surface area contributed by atoms with Gasteiger partial charge in [0.25, 0.3) is 0 Å². The zero-order valence-corrected chi connectivity index (χ0v) is 13.3. The molecule has 5 nitrogen and oxygen atoms in total. The van der Waals surface area contributed by atoms with Crippen molar-refractivity contribution in [2.75, 3.05) is 20.2 Å². The molecule has 0 spiro atoms. The monoisotopic (exact) mass is 300 g/mol. The molecule has 2 atom stereocenters. The Morgan fingerprint density at radius 1 is 1.35 bits per heavy atom. The summed E-state index contributed by atoms with van der Waals surface area (Å²) in [6, 6.07) is 6.56. The van der Waals surface area contributed by atoms with Crippen molar-refractivity contribution in [3.05, 3.63) is 29.8 Å². The fourth-order valence-electron chi connectivity index (χ4n) is 1.89. The molecule has 0 aliphatic rings. The first-order valence-corrected chi connectivity index (χ1v) is 8.20. The lowest BCUT2D eigenvalue weighted by molar-refractivity contribution is 0.214. The maximum atomic E-state index is 12.5. The third-order valence-corrected chi connectivity index (χ3v) is 5.40. The highest BCUT2D eigenvalue weighted by Crippen LogP contribution is 2.21. The lowest BCUT2D eigenvalue weighted by atomic mass is 10.1. The SMILES string of the molecule is CCNC(C)c1cccc(S(=O)(=O)N(C)C(C)CO)c1. The van der Waals surface area contributed by atoms with Gasteiger partial charge in [0, 0.05) is 19.1 Å². The average Bonchev–Trinajstić information content (AvgIpc) is 2.45. The zero-order chi connectivity index (χ0) is 15.3. The fourth-order valence-corrected chi connectivity index (χ4v) is 3.30. The van der Waals surface area contributed by atoms with Crippen LogP contribution < -0.4 is 5.32 Å². The standard InChI is InChI=1S/C14H24N2O3S/c1-5-15-12(3)13-7-6-8-14(9-13)20(18,19)16(4)11(2)10-17/h6-9,11-12,15,17H,5,10H2,1-4H3. The van der Waals surface area contributed by atoms with Crippen molar-refractivity contribution in [2.24, 2.45) is 0 Å². The van der Waals surface area contributed by atoms with Crippen LogP contribution in [0.1, 0.15) is 32.4 Å². The Morgan fingerprint density at radius 2 is 2.00 bits per heavy atom. The van der Waals surface area contributed by atoms with Gasteiger partial charge in [-0.05, 0) is 38.1 Å². The van der Waals surface area contributed by atoms with Crippen molar-refractivity contribution >= 4 is 10.0 Å². The molecule has 114 valence electrons. The summed E-state index contributed by atoms with van der Waals surface area (Å²) >= 11 is 0. The summed E-state index contributed by atoms with van der Waals surface area (Å²) in [7, 11) is -2.09. The number of likely N-dealkylation sites (N-methyl/N-ethyl adjacent to an activating group) is 1. The summed E-state index contributed by atoms with van der Waals surface area (Å²) in [6.45, 7) is 6.29. The Morgan fingerprint density at radius 3 is 2.55 bits per heavy atom. The van der Waals surface area contributed by atoms with Gasteiger partial charge in [-0.1, -0.05) is 19.1 Å². The molecule has 2 unspecified atom stereocenters. The van der Waals surface area contributed by atoms with E-state index in [-0.39, 0.29) is 17.5 Å². The van der Waals surface area contributed by atoms with E-state index in [0.29, 0.717) is 0 Å². The minimum Gasteiger partial charge on any atom is -0.395 e. The van der Waals surface area contributed by atoms with Crippen LogP contribution in [0.25, 0.3) is 0 Å². The van der Waals surface area contributed by atoms with Crippen LogP contribution in [0.3, 0.4) is 0 Å². The molecule has 6 heteroatoms. The molecule has 1 aromatic rings. The largest absolute Gasteiger partial charge is 0.395 e. The summed E-state index contributed by atoms with van der Waals surface area (Å²) in [5.41, 5.74) is 0.929. The quantitative estimate of drug-likeness (QED) is 0.798. The number of hydrogen-bond acceptors (Lipinski definition) is 4. The van der Waals surface area contributed by atoms with Crippen molar-refractivity contribution in [1.82, 2.24) is 9.62 Å². The van der Waals surface area contributed by atoms with Gasteiger partial charge in [-0.3, -0.25) is 0 Å². The summed E-state index contributed by atoms with van der Waals surface area (Å²) in [4.78, 5) is 0.252. The fraction of sp³-hybridized carbons (Fsp3) is 0.571. The first-order valence-electron chi connectivity index (χ1n) is 6.76. The van der Waals surface area contributed by atoms with Crippen LogP contribution in [0, 0.1) is 0 Å². The molecule has 0 saturated heterocycles. The van der Waals surface area contributed by atoms with Gasteiger partial charge in [0.1, 0.15) is 0 Å². The molecule has 0 fully saturated rings. The molecule has 0 aromatic heterocycles. The number of nitrogens with one attached hydrogen (secondary N) is 1. The minimum atomic E-state index is -3.58. The molecule has 0 aliphatic carbocycles. The van der Waals surface area contributed by atoms with Crippen molar-refractivity contribution < 1.29 is 13.5 Å². The minimum absolute atomic E-state index is 0.0933. The van der Waals surface area contributed by atoms with Gasteiger partial charge in [0.15, 0.2) is 0 Å². The summed E-state index contributed by atoms with van der Waals surface area (Å²) in [5, 5.41) is 12.4. The molecule has 0 aliphatic heterocycles. The zero-order valence-electron chi connectivity index (χ0n) is 12.5. The number of aliphatic hydroxyl groups excluding tert-OH is 1. The second-order valence-electron chi connectivity index (χ2n) is 4.90. The first-order chi connectivity index (χ1) is 9.34. The molecule has 20 heavy (non-hydrogen) atoms. The van der Waals surface area contributed by atoms with Crippen LogP contribution >= 0.6 is 0 Å². The summed E-state index contributed by atoms with van der Waals surface area (Å²) < 4.78 is 26.1. The molecule has 0 heterocycles. The number of sulfonamides is 1. The van der Waals surface area contributed by atoms with Crippen LogP contribution in [0.5, 0.6) is 0 Å². The van der Waals surface area contributed by atoms with Gasteiger partial charge in [-0.2, -0.15) is 4.31 Å². The van der Waals surface area contributed by atoms with Gasteiger partial charge in [0.05, 0.1) is 11.5 Å². The number of aliphatic hydroxyl groups is 1. The second-order valence-corrected chi connectivity index (χ2v) is 6.90. The summed E-state index contributed by atoms with van der Waals surface area (Å²) in [5.74, 6) is 0. The molecule has 0 amide bonds. The Hall–Kier alpha value is -0.950. The first kappa shape index (κ1) is 17.1. The third kappa shape index (κ3) is 3.79. The van der Waals surface area contributed by atoms with E-state index >= 15 is 0 Å². The van der Waals surface area contributed by atoms with Crippen LogP contribution in [0.2, 0.25) is 0 Å². The van der Waals surface area contributed by atoms with Crippen molar-refractivity contribution in [1.29, 1.82) is 0 Å². The van der Waals surface area contributed by atoms with Gasteiger partial charge in [-0.15, -0.1) is 0 Å². The van der Waals surface area contributed by atoms with Crippen LogP contribution in [-0.2, 0) is 10.0 Å². The van der Waals surface area contributed by atoms with Crippen LogP contribution in [0.15, 0.2) is 29.2 Å². The molecule has 1 rings (SSSR count). The van der Waals surface area contributed by atoms with E-state index in [2.05, 4.69) is 5.32 Å². The topological polar surface area (TPSA) is 69.6 Å². The van der Waals surface area contributed by atoms with Crippen LogP contribution in [-0.4, -0.2) is 44.1 Å². The van der Waals surface area contributed by atoms with E-state index in [0.717, 1.165) is 12.1 Å². The Labute approximate surface area is 121 Å².